The summed E-state index contributed by atoms with van der Waals surface area (Å²) in [6.07, 6.45) is 3.48. The van der Waals surface area contributed by atoms with Crippen molar-refractivity contribution in [1.82, 2.24) is 10.4 Å². The van der Waals surface area contributed by atoms with Crippen molar-refractivity contribution in [1.29, 1.82) is 0 Å². The number of halogens is 1. The van der Waals surface area contributed by atoms with Crippen LogP contribution in [0, 0.1) is 0 Å². The van der Waals surface area contributed by atoms with Crippen molar-refractivity contribution in [2.45, 2.75) is 6.42 Å². The molecule has 0 aliphatic heterocycles. The van der Waals surface area contributed by atoms with Crippen LogP contribution in [0.5, 0.6) is 0 Å². The molecule has 0 bridgehead atoms. The number of pyridine rings is 1. The van der Waals surface area contributed by atoms with Gasteiger partial charge in [-0.25, -0.2) is 5.43 Å². The normalized spacial score (nSPS) is 10.6. The van der Waals surface area contributed by atoms with E-state index in [1.807, 2.05) is 42.5 Å². The molecule has 0 saturated heterocycles. The number of hydrogen-bond donors (Lipinski definition) is 1. The first-order chi connectivity index (χ1) is 9.24. The van der Waals surface area contributed by atoms with Gasteiger partial charge in [-0.1, -0.05) is 34.1 Å². The fraction of sp³-hybridized carbons (Fsp3) is 0.0714. The smallest absolute Gasteiger partial charge is 0.244 e. The zero-order valence-corrected chi connectivity index (χ0v) is 11.7. The molecular weight excluding hydrogens is 306 g/mol. The molecule has 0 spiro atoms. The van der Waals surface area contributed by atoms with Crippen molar-refractivity contribution in [2.24, 2.45) is 5.10 Å². The Morgan fingerprint density at radius 1 is 1.26 bits per heavy atom. The van der Waals surface area contributed by atoms with Crippen molar-refractivity contribution >= 4 is 28.1 Å². The van der Waals surface area contributed by atoms with Gasteiger partial charge in [-0.3, -0.25) is 9.78 Å². The average molecular weight is 318 g/mol. The van der Waals surface area contributed by atoms with E-state index in [0.717, 1.165) is 10.0 Å². The number of hydrazone groups is 1. The van der Waals surface area contributed by atoms with Gasteiger partial charge in [0, 0.05) is 10.7 Å². The van der Waals surface area contributed by atoms with Crippen LogP contribution in [0.25, 0.3) is 0 Å². The molecular formula is C14H12BrN3O. The van der Waals surface area contributed by atoms with Crippen LogP contribution in [0.2, 0.25) is 0 Å². The fourth-order valence-electron chi connectivity index (χ4n) is 1.45. The number of carbonyl (C=O) groups excluding carboxylic acids is 1. The molecule has 4 nitrogen and oxygen atoms in total. The fourth-order valence-corrected chi connectivity index (χ4v) is 1.71. The van der Waals surface area contributed by atoms with Crippen LogP contribution in [0.4, 0.5) is 0 Å². The van der Waals surface area contributed by atoms with E-state index in [2.05, 4.69) is 31.4 Å². The highest BCUT2D eigenvalue weighted by Crippen LogP contribution is 2.10. The number of benzene rings is 1. The summed E-state index contributed by atoms with van der Waals surface area (Å²) in [6, 6.07) is 13.1. The van der Waals surface area contributed by atoms with E-state index in [-0.39, 0.29) is 5.91 Å². The van der Waals surface area contributed by atoms with Crippen molar-refractivity contribution < 1.29 is 4.79 Å². The van der Waals surface area contributed by atoms with Crippen molar-refractivity contribution in [3.63, 3.8) is 0 Å². The van der Waals surface area contributed by atoms with Crippen molar-refractivity contribution in [3.05, 3.63) is 64.4 Å². The summed E-state index contributed by atoms with van der Waals surface area (Å²) >= 11 is 3.35. The lowest BCUT2D eigenvalue weighted by molar-refractivity contribution is -0.120. The number of hydrogen-bond acceptors (Lipinski definition) is 3. The van der Waals surface area contributed by atoms with E-state index >= 15 is 0 Å². The highest BCUT2D eigenvalue weighted by Gasteiger charge is 2.01. The molecule has 5 heteroatoms. The first-order valence-corrected chi connectivity index (χ1v) is 6.51. The molecule has 1 heterocycles. The van der Waals surface area contributed by atoms with E-state index in [1.165, 1.54) is 6.21 Å². The summed E-state index contributed by atoms with van der Waals surface area (Å²) < 4.78 is 0.991. The Morgan fingerprint density at radius 3 is 2.74 bits per heavy atom. The molecule has 0 saturated carbocycles. The molecule has 2 aromatic rings. The molecule has 0 atom stereocenters. The highest BCUT2D eigenvalue weighted by molar-refractivity contribution is 9.10. The second-order valence-corrected chi connectivity index (χ2v) is 4.77. The van der Waals surface area contributed by atoms with Crippen LogP contribution in [0.3, 0.4) is 0 Å². The van der Waals surface area contributed by atoms with Gasteiger partial charge in [-0.05, 0) is 29.8 Å². The molecule has 0 aliphatic carbocycles. The number of nitrogens with zero attached hydrogens (tertiary/aromatic N) is 2. The van der Waals surface area contributed by atoms with Gasteiger partial charge in [0.05, 0.1) is 18.3 Å². The largest absolute Gasteiger partial charge is 0.273 e. The minimum Gasteiger partial charge on any atom is -0.273 e. The van der Waals surface area contributed by atoms with Gasteiger partial charge in [-0.2, -0.15) is 5.10 Å². The number of nitrogens with one attached hydrogen (secondary N) is 1. The first-order valence-electron chi connectivity index (χ1n) is 5.71. The van der Waals surface area contributed by atoms with Gasteiger partial charge in [0.15, 0.2) is 0 Å². The third-order valence-corrected chi connectivity index (χ3v) is 2.88. The van der Waals surface area contributed by atoms with E-state index in [1.54, 1.807) is 6.20 Å². The number of rotatable bonds is 4. The van der Waals surface area contributed by atoms with E-state index in [0.29, 0.717) is 12.1 Å². The van der Waals surface area contributed by atoms with E-state index in [4.69, 9.17) is 0 Å². The second-order valence-electron chi connectivity index (χ2n) is 3.85. The predicted molar refractivity (Wildman–Crippen MR) is 77.8 cm³/mol. The summed E-state index contributed by atoms with van der Waals surface area (Å²) in [4.78, 5) is 15.7. The number of amides is 1. The van der Waals surface area contributed by atoms with Crippen molar-refractivity contribution in [2.75, 3.05) is 0 Å². The molecule has 1 aromatic carbocycles. The van der Waals surface area contributed by atoms with Gasteiger partial charge in [0.2, 0.25) is 5.91 Å². The van der Waals surface area contributed by atoms with Gasteiger partial charge < -0.3 is 0 Å². The molecule has 96 valence electrons. The Kier molecular flexibility index (Phi) is 4.80. The van der Waals surface area contributed by atoms with Gasteiger partial charge in [-0.15, -0.1) is 0 Å². The van der Waals surface area contributed by atoms with E-state index < -0.39 is 0 Å². The monoisotopic (exact) mass is 317 g/mol. The highest BCUT2D eigenvalue weighted by atomic mass is 79.9. The standard InChI is InChI=1S/C14H12BrN3O/c15-12-6-4-11(5-7-12)9-14(19)18-17-10-13-3-1-2-8-16-13/h1-8,10H,9H2,(H,18,19)/b17-10+. The zero-order chi connectivity index (χ0) is 13.5. The third kappa shape index (κ3) is 4.63. The molecule has 0 fully saturated rings. The van der Waals surface area contributed by atoms with Crippen molar-refractivity contribution in [3.8, 4) is 0 Å². The van der Waals surface area contributed by atoms with E-state index in [9.17, 15) is 4.79 Å². The minimum absolute atomic E-state index is 0.158. The lowest BCUT2D eigenvalue weighted by Crippen LogP contribution is -2.19. The Labute approximate surface area is 119 Å². The minimum atomic E-state index is -0.158. The Bertz CT molecular complexity index is 567. The third-order valence-electron chi connectivity index (χ3n) is 2.35. The summed E-state index contributed by atoms with van der Waals surface area (Å²) in [6.45, 7) is 0. The zero-order valence-electron chi connectivity index (χ0n) is 10.1. The van der Waals surface area contributed by atoms with Crippen LogP contribution < -0.4 is 5.43 Å². The van der Waals surface area contributed by atoms with Crippen LogP contribution in [0.15, 0.2) is 58.2 Å². The SMILES string of the molecule is O=C(Cc1ccc(Br)cc1)N/N=C/c1ccccn1. The Balaban J connectivity index is 1.85. The lowest BCUT2D eigenvalue weighted by atomic mass is 10.1. The molecule has 2 rings (SSSR count). The summed E-state index contributed by atoms with van der Waals surface area (Å²) in [5.74, 6) is -0.158. The predicted octanol–water partition coefficient (Wildman–Crippen LogP) is 2.54. The average Bonchev–Trinajstić information content (AvgIpc) is 2.43. The lowest BCUT2D eigenvalue weighted by Gasteiger charge is -2.00. The van der Waals surface area contributed by atoms with Crippen LogP contribution in [-0.4, -0.2) is 17.1 Å². The summed E-state index contributed by atoms with van der Waals surface area (Å²) in [5.41, 5.74) is 4.11. The second kappa shape index (κ2) is 6.80. The quantitative estimate of drug-likeness (QED) is 0.696. The van der Waals surface area contributed by atoms with Crippen LogP contribution in [0.1, 0.15) is 11.3 Å². The molecule has 1 aromatic heterocycles. The Morgan fingerprint density at radius 2 is 2.05 bits per heavy atom. The van der Waals surface area contributed by atoms with Crippen LogP contribution >= 0.6 is 15.9 Å². The Hall–Kier alpha value is -2.01. The van der Waals surface area contributed by atoms with Gasteiger partial charge in [0.25, 0.3) is 0 Å². The molecule has 1 N–H and O–H groups in total. The summed E-state index contributed by atoms with van der Waals surface area (Å²) in [7, 11) is 0. The van der Waals surface area contributed by atoms with Crippen LogP contribution in [-0.2, 0) is 11.2 Å². The van der Waals surface area contributed by atoms with Gasteiger partial charge >= 0.3 is 0 Å². The maximum Gasteiger partial charge on any atom is 0.244 e. The maximum atomic E-state index is 11.6. The summed E-state index contributed by atoms with van der Waals surface area (Å²) in [5, 5.41) is 3.86. The molecule has 19 heavy (non-hydrogen) atoms. The first kappa shape index (κ1) is 13.4. The topological polar surface area (TPSA) is 54.4 Å². The molecule has 0 aliphatic rings. The molecule has 0 radical (unpaired) electrons. The molecule has 0 unspecified atom stereocenters. The molecule has 1 amide bonds. The number of aromatic nitrogens is 1. The number of carbonyl (C=O) groups is 1. The van der Waals surface area contributed by atoms with Gasteiger partial charge in [0.1, 0.15) is 0 Å². The maximum absolute atomic E-state index is 11.6.